The van der Waals surface area contributed by atoms with Crippen LogP contribution in [0.3, 0.4) is 0 Å². The second-order valence-electron chi connectivity index (χ2n) is 2.79. The lowest BCUT2D eigenvalue weighted by atomic mass is 10.2. The van der Waals surface area contributed by atoms with Crippen LogP contribution in [0.2, 0.25) is 0 Å². The largest absolute Gasteiger partial charge is 0.367 e. The van der Waals surface area contributed by atoms with Gasteiger partial charge in [-0.2, -0.15) is 4.98 Å². The standard InChI is InChI=1S/C7H15N5/c1-3-9-4-5(2)6-10-7(8)12-11-6/h5,9H,3-4H2,1-2H3,(H3,8,10,11,12). The Labute approximate surface area is 71.8 Å². The molecule has 0 fully saturated rings. The molecule has 0 saturated heterocycles. The highest BCUT2D eigenvalue weighted by molar-refractivity contribution is 5.14. The molecule has 5 heteroatoms. The van der Waals surface area contributed by atoms with Crippen LogP contribution in [0.25, 0.3) is 0 Å². The summed E-state index contributed by atoms with van der Waals surface area (Å²) in [7, 11) is 0. The fraction of sp³-hybridized carbons (Fsp3) is 0.714. The van der Waals surface area contributed by atoms with Gasteiger partial charge in [0, 0.05) is 12.5 Å². The second-order valence-corrected chi connectivity index (χ2v) is 2.79. The second kappa shape index (κ2) is 4.06. The Hall–Kier alpha value is -1.10. The minimum atomic E-state index is 0.313. The maximum Gasteiger partial charge on any atom is 0.239 e. The van der Waals surface area contributed by atoms with Crippen LogP contribution in [-0.2, 0) is 0 Å². The molecule has 12 heavy (non-hydrogen) atoms. The maximum atomic E-state index is 5.37. The van der Waals surface area contributed by atoms with Crippen LogP contribution in [0.4, 0.5) is 5.95 Å². The number of aromatic nitrogens is 3. The summed E-state index contributed by atoms with van der Waals surface area (Å²) in [4.78, 5) is 4.03. The summed E-state index contributed by atoms with van der Waals surface area (Å²) in [6, 6.07) is 0. The number of nitrogen functional groups attached to an aromatic ring is 1. The van der Waals surface area contributed by atoms with E-state index in [1.165, 1.54) is 0 Å². The Bertz CT molecular complexity index is 231. The molecule has 1 heterocycles. The third-order valence-corrected chi connectivity index (χ3v) is 1.69. The number of hydrogen-bond acceptors (Lipinski definition) is 4. The van der Waals surface area contributed by atoms with Gasteiger partial charge in [0.2, 0.25) is 5.95 Å². The van der Waals surface area contributed by atoms with Crippen molar-refractivity contribution in [1.82, 2.24) is 20.5 Å². The van der Waals surface area contributed by atoms with E-state index < -0.39 is 0 Å². The normalized spacial score (nSPS) is 13.2. The number of aromatic amines is 1. The van der Waals surface area contributed by atoms with Gasteiger partial charge in [0.15, 0.2) is 0 Å². The zero-order valence-electron chi connectivity index (χ0n) is 7.46. The van der Waals surface area contributed by atoms with Crippen molar-refractivity contribution in [2.24, 2.45) is 0 Å². The minimum absolute atomic E-state index is 0.313. The van der Waals surface area contributed by atoms with Crippen molar-refractivity contribution in [3.05, 3.63) is 5.82 Å². The van der Waals surface area contributed by atoms with Gasteiger partial charge in [-0.3, -0.25) is 5.10 Å². The number of likely N-dealkylation sites (N-methyl/N-ethyl adjacent to an activating group) is 1. The molecule has 0 aliphatic heterocycles. The molecular formula is C7H15N5. The van der Waals surface area contributed by atoms with E-state index in [-0.39, 0.29) is 0 Å². The van der Waals surface area contributed by atoms with Crippen LogP contribution < -0.4 is 11.1 Å². The van der Waals surface area contributed by atoms with E-state index in [0.717, 1.165) is 18.9 Å². The van der Waals surface area contributed by atoms with Crippen molar-refractivity contribution in [2.75, 3.05) is 18.8 Å². The van der Waals surface area contributed by atoms with E-state index in [2.05, 4.69) is 34.3 Å². The van der Waals surface area contributed by atoms with Gasteiger partial charge in [0.05, 0.1) is 0 Å². The third-order valence-electron chi connectivity index (χ3n) is 1.69. The van der Waals surface area contributed by atoms with Gasteiger partial charge in [-0.15, -0.1) is 5.10 Å². The molecule has 5 nitrogen and oxygen atoms in total. The summed E-state index contributed by atoms with van der Waals surface area (Å²) in [5, 5.41) is 9.77. The average molecular weight is 169 g/mol. The Balaban J connectivity index is 2.47. The number of hydrogen-bond donors (Lipinski definition) is 3. The van der Waals surface area contributed by atoms with Gasteiger partial charge < -0.3 is 11.1 Å². The maximum absolute atomic E-state index is 5.37. The van der Waals surface area contributed by atoms with Gasteiger partial charge in [0.25, 0.3) is 0 Å². The molecule has 1 rings (SSSR count). The van der Waals surface area contributed by atoms with Crippen molar-refractivity contribution < 1.29 is 0 Å². The Morgan fingerprint density at radius 3 is 2.92 bits per heavy atom. The molecule has 0 aliphatic rings. The Morgan fingerprint density at radius 1 is 1.67 bits per heavy atom. The molecule has 68 valence electrons. The highest BCUT2D eigenvalue weighted by atomic mass is 15.3. The van der Waals surface area contributed by atoms with E-state index in [1.807, 2.05) is 0 Å². The quantitative estimate of drug-likeness (QED) is 0.597. The first kappa shape index (κ1) is 8.99. The molecule has 0 radical (unpaired) electrons. The average Bonchev–Trinajstić information content (AvgIpc) is 2.47. The topological polar surface area (TPSA) is 79.6 Å². The van der Waals surface area contributed by atoms with E-state index in [4.69, 9.17) is 5.73 Å². The van der Waals surface area contributed by atoms with Crippen LogP contribution >= 0.6 is 0 Å². The van der Waals surface area contributed by atoms with E-state index in [9.17, 15) is 0 Å². The zero-order chi connectivity index (χ0) is 8.97. The fourth-order valence-corrected chi connectivity index (χ4v) is 0.966. The van der Waals surface area contributed by atoms with Gasteiger partial charge in [-0.25, -0.2) is 0 Å². The molecular weight excluding hydrogens is 154 g/mol. The van der Waals surface area contributed by atoms with E-state index in [0.29, 0.717) is 11.9 Å². The number of anilines is 1. The zero-order valence-corrected chi connectivity index (χ0v) is 7.46. The number of rotatable bonds is 4. The molecule has 1 aromatic rings. The first-order valence-corrected chi connectivity index (χ1v) is 4.12. The SMILES string of the molecule is CCNCC(C)c1nc(N)n[nH]1. The monoisotopic (exact) mass is 169 g/mol. The highest BCUT2D eigenvalue weighted by Crippen LogP contribution is 2.08. The number of nitrogens with two attached hydrogens (primary N) is 1. The fourth-order valence-electron chi connectivity index (χ4n) is 0.966. The van der Waals surface area contributed by atoms with E-state index in [1.54, 1.807) is 0 Å². The molecule has 0 aliphatic carbocycles. The first-order chi connectivity index (χ1) is 5.74. The van der Waals surface area contributed by atoms with Crippen molar-refractivity contribution in [3.63, 3.8) is 0 Å². The van der Waals surface area contributed by atoms with Gasteiger partial charge in [-0.1, -0.05) is 13.8 Å². The molecule has 1 unspecified atom stereocenters. The molecule has 0 saturated carbocycles. The number of H-pyrrole nitrogens is 1. The lowest BCUT2D eigenvalue weighted by molar-refractivity contribution is 0.610. The lowest BCUT2D eigenvalue weighted by Gasteiger charge is -2.06. The number of nitrogens with zero attached hydrogens (tertiary/aromatic N) is 2. The molecule has 0 aromatic carbocycles. The third kappa shape index (κ3) is 2.20. The Morgan fingerprint density at radius 2 is 2.42 bits per heavy atom. The van der Waals surface area contributed by atoms with Crippen molar-refractivity contribution >= 4 is 5.95 Å². The summed E-state index contributed by atoms with van der Waals surface area (Å²) >= 11 is 0. The summed E-state index contributed by atoms with van der Waals surface area (Å²) < 4.78 is 0. The van der Waals surface area contributed by atoms with Crippen LogP contribution in [0.1, 0.15) is 25.6 Å². The summed E-state index contributed by atoms with van der Waals surface area (Å²) in [5.74, 6) is 1.48. The molecule has 0 bridgehead atoms. The smallest absolute Gasteiger partial charge is 0.239 e. The van der Waals surface area contributed by atoms with Crippen LogP contribution in [0.15, 0.2) is 0 Å². The highest BCUT2D eigenvalue weighted by Gasteiger charge is 2.08. The predicted molar refractivity (Wildman–Crippen MR) is 47.8 cm³/mol. The summed E-state index contributed by atoms with van der Waals surface area (Å²) in [6.07, 6.45) is 0. The molecule has 0 amide bonds. The van der Waals surface area contributed by atoms with Gasteiger partial charge >= 0.3 is 0 Å². The van der Waals surface area contributed by atoms with Crippen LogP contribution in [-0.4, -0.2) is 28.3 Å². The van der Waals surface area contributed by atoms with Crippen molar-refractivity contribution in [3.8, 4) is 0 Å². The summed E-state index contributed by atoms with van der Waals surface area (Å²) in [5.41, 5.74) is 5.37. The lowest BCUT2D eigenvalue weighted by Crippen LogP contribution is -2.20. The van der Waals surface area contributed by atoms with E-state index >= 15 is 0 Å². The first-order valence-electron chi connectivity index (χ1n) is 4.12. The Kier molecular flexibility index (Phi) is 3.04. The predicted octanol–water partition coefficient (Wildman–Crippen LogP) is 0.0999. The minimum Gasteiger partial charge on any atom is -0.367 e. The van der Waals surface area contributed by atoms with Crippen molar-refractivity contribution in [2.45, 2.75) is 19.8 Å². The van der Waals surface area contributed by atoms with Gasteiger partial charge in [-0.05, 0) is 6.54 Å². The summed E-state index contributed by atoms with van der Waals surface area (Å²) in [6.45, 7) is 6.00. The molecule has 4 N–H and O–H groups in total. The van der Waals surface area contributed by atoms with Crippen molar-refractivity contribution in [1.29, 1.82) is 0 Å². The molecule has 0 spiro atoms. The molecule has 1 aromatic heterocycles. The number of nitrogens with one attached hydrogen (secondary N) is 2. The molecule has 1 atom stereocenters. The van der Waals surface area contributed by atoms with Gasteiger partial charge in [0.1, 0.15) is 5.82 Å². The van der Waals surface area contributed by atoms with Crippen LogP contribution in [0.5, 0.6) is 0 Å². The van der Waals surface area contributed by atoms with Crippen LogP contribution in [0, 0.1) is 0 Å².